The highest BCUT2D eigenvalue weighted by Gasteiger charge is 2.23. The van der Waals surface area contributed by atoms with Gasteiger partial charge < -0.3 is 15.8 Å². The number of para-hydroxylation sites is 1. The number of hydrogen-bond acceptors (Lipinski definition) is 6. The Morgan fingerprint density at radius 3 is 2.50 bits per heavy atom. The predicted octanol–water partition coefficient (Wildman–Crippen LogP) is 3.95. The summed E-state index contributed by atoms with van der Waals surface area (Å²) in [4.78, 5) is 16.5. The standard InChI is InChI=1S/C21H22ClN5O4S/c1-21(2,3)31-19(28)14-6-4-5-7-17(14)27-32(29,30)12-8-9-13-15(10-12)18(26-20(23)24)25-11-16(13)22/h4-11,27H,1-3H3,(H4,23,24,25,26). The Morgan fingerprint density at radius 1 is 1.16 bits per heavy atom. The topological polar surface area (TPSA) is 147 Å². The highest BCUT2D eigenvalue weighted by atomic mass is 35.5. The van der Waals surface area contributed by atoms with Crippen LogP contribution < -0.4 is 15.8 Å². The van der Waals surface area contributed by atoms with Crippen molar-refractivity contribution in [2.24, 2.45) is 5.73 Å². The van der Waals surface area contributed by atoms with Crippen molar-refractivity contribution in [3.8, 4) is 0 Å². The van der Waals surface area contributed by atoms with Gasteiger partial charge in [0, 0.05) is 17.0 Å². The van der Waals surface area contributed by atoms with Gasteiger partial charge in [-0.3, -0.25) is 10.1 Å². The molecule has 2 aromatic carbocycles. The van der Waals surface area contributed by atoms with Crippen molar-refractivity contribution in [1.82, 2.24) is 4.98 Å². The number of nitrogens with zero attached hydrogens (tertiary/aromatic N) is 1. The van der Waals surface area contributed by atoms with E-state index in [1.807, 2.05) is 0 Å². The number of benzene rings is 2. The molecule has 0 aliphatic rings. The minimum absolute atomic E-state index is 0.0770. The molecule has 168 valence electrons. The number of anilines is 2. The largest absolute Gasteiger partial charge is 0.456 e. The van der Waals surface area contributed by atoms with Gasteiger partial charge in [0.15, 0.2) is 5.96 Å². The lowest BCUT2D eigenvalue weighted by molar-refractivity contribution is 0.00708. The van der Waals surface area contributed by atoms with Crippen LogP contribution in [0.15, 0.2) is 53.6 Å². The number of ether oxygens (including phenoxy) is 1. The molecule has 0 bridgehead atoms. The Kier molecular flexibility index (Phi) is 6.29. The normalized spacial score (nSPS) is 11.8. The fourth-order valence-electron chi connectivity index (χ4n) is 2.87. The lowest BCUT2D eigenvalue weighted by atomic mass is 10.1. The number of sulfonamides is 1. The van der Waals surface area contributed by atoms with Crippen LogP contribution in [-0.4, -0.2) is 30.9 Å². The Balaban J connectivity index is 2.03. The highest BCUT2D eigenvalue weighted by Crippen LogP contribution is 2.31. The van der Waals surface area contributed by atoms with E-state index < -0.39 is 21.6 Å². The summed E-state index contributed by atoms with van der Waals surface area (Å²) in [5.41, 5.74) is 4.81. The van der Waals surface area contributed by atoms with Crippen LogP contribution in [0.25, 0.3) is 10.8 Å². The first kappa shape index (κ1) is 23.3. The van der Waals surface area contributed by atoms with Crippen LogP contribution in [0.3, 0.4) is 0 Å². The molecule has 1 aromatic heterocycles. The third-order valence-corrected chi connectivity index (χ3v) is 5.83. The van der Waals surface area contributed by atoms with Gasteiger partial charge in [-0.2, -0.15) is 0 Å². The smallest absolute Gasteiger partial charge is 0.340 e. The quantitative estimate of drug-likeness (QED) is 0.248. The van der Waals surface area contributed by atoms with E-state index in [-0.39, 0.29) is 27.9 Å². The lowest BCUT2D eigenvalue weighted by Crippen LogP contribution is -2.25. The van der Waals surface area contributed by atoms with Crippen molar-refractivity contribution >= 4 is 55.8 Å². The number of halogens is 1. The number of guanidine groups is 1. The summed E-state index contributed by atoms with van der Waals surface area (Å²) in [5.74, 6) is -0.833. The summed E-state index contributed by atoms with van der Waals surface area (Å²) in [6.45, 7) is 5.16. The molecule has 0 unspecified atom stereocenters. The number of carbonyl (C=O) groups is 1. The van der Waals surface area contributed by atoms with Crippen LogP contribution >= 0.6 is 11.6 Å². The van der Waals surface area contributed by atoms with E-state index in [1.54, 1.807) is 32.9 Å². The summed E-state index contributed by atoms with van der Waals surface area (Å²) in [5, 5.41) is 11.2. The van der Waals surface area contributed by atoms with Crippen molar-refractivity contribution in [3.05, 3.63) is 59.2 Å². The summed E-state index contributed by atoms with van der Waals surface area (Å²) < 4.78 is 34.1. The van der Waals surface area contributed by atoms with Crippen molar-refractivity contribution in [3.63, 3.8) is 0 Å². The van der Waals surface area contributed by atoms with E-state index in [9.17, 15) is 13.2 Å². The average molecular weight is 476 g/mol. The van der Waals surface area contributed by atoms with Crippen molar-refractivity contribution in [2.45, 2.75) is 31.3 Å². The SMILES string of the molecule is CC(C)(C)OC(=O)c1ccccc1NS(=O)(=O)c1ccc2c(Cl)cnc(NC(=N)N)c2c1. The molecule has 9 nitrogen and oxygen atoms in total. The van der Waals surface area contributed by atoms with Crippen LogP contribution in [-0.2, 0) is 14.8 Å². The molecule has 0 saturated heterocycles. The molecule has 0 aliphatic carbocycles. The number of aromatic nitrogens is 1. The number of nitrogens with one attached hydrogen (secondary N) is 3. The number of rotatable bonds is 5. The van der Waals surface area contributed by atoms with Gasteiger partial charge in [0.25, 0.3) is 10.0 Å². The molecular formula is C21H22ClN5O4S. The maximum Gasteiger partial charge on any atom is 0.340 e. The fourth-order valence-corrected chi connectivity index (χ4v) is 4.19. The fraction of sp³-hybridized carbons (Fsp3) is 0.190. The van der Waals surface area contributed by atoms with E-state index in [0.717, 1.165) is 0 Å². The molecule has 0 fully saturated rings. The summed E-state index contributed by atoms with van der Waals surface area (Å²) >= 11 is 6.18. The molecule has 0 atom stereocenters. The maximum atomic E-state index is 13.1. The second-order valence-corrected chi connectivity index (χ2v) is 9.94. The third-order valence-electron chi connectivity index (χ3n) is 4.16. The van der Waals surface area contributed by atoms with Crippen LogP contribution in [0.4, 0.5) is 11.5 Å². The molecule has 3 rings (SSSR count). The first-order valence-electron chi connectivity index (χ1n) is 9.42. The molecule has 3 aromatic rings. The molecule has 0 saturated carbocycles. The molecular weight excluding hydrogens is 454 g/mol. The molecule has 0 aliphatic heterocycles. The summed E-state index contributed by atoms with van der Waals surface area (Å²) in [6.07, 6.45) is 1.37. The Hall–Kier alpha value is -3.37. The lowest BCUT2D eigenvalue weighted by Gasteiger charge is -2.20. The third kappa shape index (κ3) is 5.27. The molecule has 32 heavy (non-hydrogen) atoms. The molecule has 0 spiro atoms. The van der Waals surface area contributed by atoms with Gasteiger partial charge in [-0.15, -0.1) is 0 Å². The maximum absolute atomic E-state index is 13.1. The van der Waals surface area contributed by atoms with Gasteiger partial charge in [0.2, 0.25) is 0 Å². The van der Waals surface area contributed by atoms with Crippen LogP contribution in [0.5, 0.6) is 0 Å². The van der Waals surface area contributed by atoms with Crippen LogP contribution in [0.2, 0.25) is 5.02 Å². The Bertz CT molecular complexity index is 1320. The van der Waals surface area contributed by atoms with E-state index in [4.69, 9.17) is 27.5 Å². The number of nitrogens with two attached hydrogens (primary N) is 1. The summed E-state index contributed by atoms with van der Waals surface area (Å²) in [7, 11) is -4.10. The zero-order chi connectivity index (χ0) is 23.7. The Morgan fingerprint density at radius 2 is 1.84 bits per heavy atom. The highest BCUT2D eigenvalue weighted by molar-refractivity contribution is 7.92. The van der Waals surface area contributed by atoms with Gasteiger partial charge in [0.05, 0.1) is 21.2 Å². The first-order valence-corrected chi connectivity index (χ1v) is 11.3. The van der Waals surface area contributed by atoms with E-state index in [0.29, 0.717) is 15.8 Å². The number of carbonyl (C=O) groups excluding carboxylic acids is 1. The minimum Gasteiger partial charge on any atom is -0.456 e. The number of esters is 1. The van der Waals surface area contributed by atoms with Gasteiger partial charge in [-0.05, 0) is 45.0 Å². The monoisotopic (exact) mass is 475 g/mol. The van der Waals surface area contributed by atoms with Gasteiger partial charge >= 0.3 is 5.97 Å². The average Bonchev–Trinajstić information content (AvgIpc) is 2.68. The molecule has 0 amide bonds. The predicted molar refractivity (Wildman–Crippen MR) is 125 cm³/mol. The number of pyridine rings is 1. The Labute approximate surface area is 190 Å². The number of fused-ring (bicyclic) bond motifs is 1. The van der Waals surface area contributed by atoms with Crippen molar-refractivity contribution in [1.29, 1.82) is 5.41 Å². The number of hydrogen-bond donors (Lipinski definition) is 4. The molecule has 11 heteroatoms. The first-order chi connectivity index (χ1) is 14.9. The van der Waals surface area contributed by atoms with Gasteiger partial charge in [-0.1, -0.05) is 29.8 Å². The zero-order valence-electron chi connectivity index (χ0n) is 17.6. The minimum atomic E-state index is -4.10. The van der Waals surface area contributed by atoms with E-state index in [1.165, 1.54) is 36.5 Å². The molecule has 5 N–H and O–H groups in total. The molecule has 0 radical (unpaired) electrons. The van der Waals surface area contributed by atoms with E-state index in [2.05, 4.69) is 15.0 Å². The van der Waals surface area contributed by atoms with Crippen molar-refractivity contribution < 1.29 is 17.9 Å². The van der Waals surface area contributed by atoms with Gasteiger partial charge in [0.1, 0.15) is 11.4 Å². The second kappa shape index (κ2) is 8.64. The van der Waals surface area contributed by atoms with E-state index >= 15 is 0 Å². The van der Waals surface area contributed by atoms with Crippen LogP contribution in [0.1, 0.15) is 31.1 Å². The zero-order valence-corrected chi connectivity index (χ0v) is 19.1. The van der Waals surface area contributed by atoms with Crippen LogP contribution in [0, 0.1) is 5.41 Å². The summed E-state index contributed by atoms with van der Waals surface area (Å²) in [6, 6.07) is 10.4. The second-order valence-electron chi connectivity index (χ2n) is 7.85. The van der Waals surface area contributed by atoms with Gasteiger partial charge in [-0.25, -0.2) is 18.2 Å². The van der Waals surface area contributed by atoms with Crippen molar-refractivity contribution in [2.75, 3.05) is 10.0 Å². The molecule has 1 heterocycles.